The summed E-state index contributed by atoms with van der Waals surface area (Å²) in [6, 6.07) is 2.77. The summed E-state index contributed by atoms with van der Waals surface area (Å²) >= 11 is 0. The van der Waals surface area contributed by atoms with E-state index in [-0.39, 0.29) is 5.91 Å². The lowest BCUT2D eigenvalue weighted by molar-refractivity contribution is -0.143. The monoisotopic (exact) mass is 292 g/mol. The quantitative estimate of drug-likeness (QED) is 0.660. The largest absolute Gasteiger partial charge is 0.338 e. The molecule has 0 aromatic carbocycles. The lowest BCUT2D eigenvalue weighted by atomic mass is 9.78. The molecule has 0 atom stereocenters. The zero-order chi connectivity index (χ0) is 15.9. The summed E-state index contributed by atoms with van der Waals surface area (Å²) in [5.41, 5.74) is -0.791. The summed E-state index contributed by atoms with van der Waals surface area (Å²) < 4.78 is 0. The standard InChI is InChI=1S/C18H32N2O/c1-5-11-18(14-19,12-6-2)17(21)20(13-15(3)4)16-9-7-8-10-16/h15-16H,5-13H2,1-4H3. The molecule has 0 aromatic heterocycles. The van der Waals surface area contributed by atoms with Crippen LogP contribution in [-0.2, 0) is 4.79 Å². The summed E-state index contributed by atoms with van der Waals surface area (Å²) in [7, 11) is 0. The molecule has 1 fully saturated rings. The molecule has 1 rings (SSSR count). The van der Waals surface area contributed by atoms with E-state index >= 15 is 0 Å². The summed E-state index contributed by atoms with van der Waals surface area (Å²) in [4.78, 5) is 15.3. The van der Waals surface area contributed by atoms with Crippen LogP contribution in [0, 0.1) is 22.7 Å². The number of nitriles is 1. The minimum absolute atomic E-state index is 0.106. The Bertz CT molecular complexity index is 358. The van der Waals surface area contributed by atoms with Crippen molar-refractivity contribution in [1.29, 1.82) is 5.26 Å². The predicted molar refractivity (Wildman–Crippen MR) is 86.7 cm³/mol. The van der Waals surface area contributed by atoms with Gasteiger partial charge in [-0.25, -0.2) is 0 Å². The van der Waals surface area contributed by atoms with Gasteiger partial charge >= 0.3 is 0 Å². The van der Waals surface area contributed by atoms with Gasteiger partial charge in [-0.15, -0.1) is 0 Å². The molecule has 1 saturated carbocycles. The molecule has 1 amide bonds. The van der Waals surface area contributed by atoms with E-state index in [1.165, 1.54) is 12.8 Å². The third kappa shape index (κ3) is 4.46. The van der Waals surface area contributed by atoms with Crippen LogP contribution < -0.4 is 0 Å². The number of carbonyl (C=O) groups is 1. The first-order valence-electron chi connectivity index (χ1n) is 8.73. The van der Waals surface area contributed by atoms with Crippen molar-refractivity contribution in [1.82, 2.24) is 4.90 Å². The fourth-order valence-corrected chi connectivity index (χ4v) is 3.63. The van der Waals surface area contributed by atoms with E-state index < -0.39 is 5.41 Å². The van der Waals surface area contributed by atoms with Crippen molar-refractivity contribution < 1.29 is 4.79 Å². The normalized spacial score (nSPS) is 16.2. The highest BCUT2D eigenvalue weighted by Gasteiger charge is 2.42. The number of rotatable bonds is 8. The van der Waals surface area contributed by atoms with E-state index in [2.05, 4.69) is 38.7 Å². The molecule has 0 bridgehead atoms. The Balaban J connectivity index is 3.01. The maximum Gasteiger partial charge on any atom is 0.243 e. The highest BCUT2D eigenvalue weighted by atomic mass is 16.2. The number of hydrogen-bond acceptors (Lipinski definition) is 2. The van der Waals surface area contributed by atoms with Crippen LogP contribution >= 0.6 is 0 Å². The Morgan fingerprint density at radius 3 is 2.14 bits per heavy atom. The lowest BCUT2D eigenvalue weighted by Crippen LogP contribution is -2.49. The Morgan fingerprint density at radius 2 is 1.76 bits per heavy atom. The first-order valence-corrected chi connectivity index (χ1v) is 8.73. The van der Waals surface area contributed by atoms with Crippen LogP contribution in [0.15, 0.2) is 0 Å². The van der Waals surface area contributed by atoms with Gasteiger partial charge in [0.2, 0.25) is 5.91 Å². The van der Waals surface area contributed by atoms with E-state index in [4.69, 9.17) is 0 Å². The second kappa shape index (κ2) is 8.41. The van der Waals surface area contributed by atoms with Gasteiger partial charge in [0.05, 0.1) is 6.07 Å². The van der Waals surface area contributed by atoms with Crippen LogP contribution in [0.5, 0.6) is 0 Å². The Hall–Kier alpha value is -1.04. The van der Waals surface area contributed by atoms with E-state index in [1.54, 1.807) is 0 Å². The molecule has 120 valence electrons. The van der Waals surface area contributed by atoms with Crippen LogP contribution in [-0.4, -0.2) is 23.4 Å². The van der Waals surface area contributed by atoms with Crippen molar-refractivity contribution in [2.45, 2.75) is 85.1 Å². The molecule has 0 heterocycles. The van der Waals surface area contributed by atoms with Gasteiger partial charge in [-0.05, 0) is 31.6 Å². The van der Waals surface area contributed by atoms with Gasteiger partial charge in [0.15, 0.2) is 0 Å². The van der Waals surface area contributed by atoms with E-state index in [0.29, 0.717) is 24.8 Å². The highest BCUT2D eigenvalue weighted by Crippen LogP contribution is 2.35. The van der Waals surface area contributed by atoms with Crippen LogP contribution in [0.25, 0.3) is 0 Å². The molecule has 0 saturated heterocycles. The average molecular weight is 292 g/mol. The van der Waals surface area contributed by atoms with Gasteiger partial charge in [-0.2, -0.15) is 5.26 Å². The van der Waals surface area contributed by atoms with Gasteiger partial charge < -0.3 is 4.90 Å². The molecule has 0 aromatic rings. The summed E-state index contributed by atoms with van der Waals surface area (Å²) in [5, 5.41) is 9.74. The van der Waals surface area contributed by atoms with Crippen molar-refractivity contribution in [2.75, 3.05) is 6.54 Å². The van der Waals surface area contributed by atoms with E-state index in [0.717, 1.165) is 32.2 Å². The van der Waals surface area contributed by atoms with Crippen LogP contribution in [0.2, 0.25) is 0 Å². The van der Waals surface area contributed by atoms with Gasteiger partial charge in [0.25, 0.3) is 0 Å². The highest BCUT2D eigenvalue weighted by molar-refractivity contribution is 5.85. The van der Waals surface area contributed by atoms with Crippen molar-refractivity contribution in [3.8, 4) is 6.07 Å². The smallest absolute Gasteiger partial charge is 0.243 e. The maximum absolute atomic E-state index is 13.2. The first kappa shape index (κ1) is 18.0. The van der Waals surface area contributed by atoms with Gasteiger partial charge in [-0.1, -0.05) is 53.4 Å². The molecule has 0 spiro atoms. The topological polar surface area (TPSA) is 44.1 Å². The molecule has 1 aliphatic carbocycles. The average Bonchev–Trinajstić information content (AvgIpc) is 2.97. The van der Waals surface area contributed by atoms with Gasteiger partial charge in [0.1, 0.15) is 5.41 Å². The molecular formula is C18H32N2O. The fourth-order valence-electron chi connectivity index (χ4n) is 3.63. The summed E-state index contributed by atoms with van der Waals surface area (Å²) in [6.45, 7) is 9.24. The number of nitrogens with zero attached hydrogens (tertiary/aromatic N) is 2. The zero-order valence-electron chi connectivity index (χ0n) is 14.3. The second-order valence-electron chi connectivity index (χ2n) is 6.98. The Labute approximate surface area is 130 Å². The summed E-state index contributed by atoms with van der Waals surface area (Å²) in [5.74, 6) is 0.559. The molecule has 21 heavy (non-hydrogen) atoms. The van der Waals surface area contributed by atoms with E-state index in [1.807, 2.05) is 0 Å². The Morgan fingerprint density at radius 1 is 1.24 bits per heavy atom. The minimum Gasteiger partial charge on any atom is -0.338 e. The number of carbonyl (C=O) groups excluding carboxylic acids is 1. The van der Waals surface area contributed by atoms with Gasteiger partial charge in [0, 0.05) is 12.6 Å². The molecule has 0 unspecified atom stereocenters. The number of hydrogen-bond donors (Lipinski definition) is 0. The molecule has 3 heteroatoms. The lowest BCUT2D eigenvalue weighted by Gasteiger charge is -2.37. The van der Waals surface area contributed by atoms with Crippen LogP contribution in [0.1, 0.15) is 79.1 Å². The maximum atomic E-state index is 13.2. The minimum atomic E-state index is -0.791. The fraction of sp³-hybridized carbons (Fsp3) is 0.889. The Kier molecular flexibility index (Phi) is 7.22. The zero-order valence-corrected chi connectivity index (χ0v) is 14.3. The van der Waals surface area contributed by atoms with Crippen molar-refractivity contribution in [3.63, 3.8) is 0 Å². The van der Waals surface area contributed by atoms with Crippen LogP contribution in [0.3, 0.4) is 0 Å². The molecule has 0 aliphatic heterocycles. The van der Waals surface area contributed by atoms with E-state index in [9.17, 15) is 10.1 Å². The molecular weight excluding hydrogens is 260 g/mol. The molecule has 0 N–H and O–H groups in total. The molecule has 0 radical (unpaired) electrons. The third-order valence-corrected chi connectivity index (χ3v) is 4.57. The first-order chi connectivity index (χ1) is 10.0. The van der Waals surface area contributed by atoms with Crippen molar-refractivity contribution >= 4 is 5.91 Å². The predicted octanol–water partition coefficient (Wildman–Crippen LogP) is 4.52. The SMILES string of the molecule is CCCC(C#N)(CCC)C(=O)N(CC(C)C)C1CCCC1. The van der Waals surface area contributed by atoms with Crippen molar-refractivity contribution in [2.24, 2.45) is 11.3 Å². The summed E-state index contributed by atoms with van der Waals surface area (Å²) in [6.07, 6.45) is 7.81. The van der Waals surface area contributed by atoms with Gasteiger partial charge in [-0.3, -0.25) is 4.79 Å². The van der Waals surface area contributed by atoms with Crippen LogP contribution in [0.4, 0.5) is 0 Å². The third-order valence-electron chi connectivity index (χ3n) is 4.57. The molecule has 3 nitrogen and oxygen atoms in total. The second-order valence-corrected chi connectivity index (χ2v) is 6.98. The van der Waals surface area contributed by atoms with Crippen molar-refractivity contribution in [3.05, 3.63) is 0 Å². The molecule has 1 aliphatic rings. The number of amides is 1.